The van der Waals surface area contributed by atoms with Crippen molar-refractivity contribution < 1.29 is 14.3 Å². The van der Waals surface area contributed by atoms with E-state index in [9.17, 15) is 4.79 Å². The Bertz CT molecular complexity index is 502. The largest absolute Gasteiger partial charge is 0.444 e. The molecule has 1 saturated heterocycles. The SMILES string of the molecule is CO[C@H]1[C@H](N=[N+]=[N-])CCN1C(=O)OCc1ccccc1. The summed E-state index contributed by atoms with van der Waals surface area (Å²) in [6, 6.07) is 9.07. The van der Waals surface area contributed by atoms with Crippen LogP contribution >= 0.6 is 0 Å². The molecule has 2 atom stereocenters. The molecule has 7 nitrogen and oxygen atoms in total. The average molecular weight is 276 g/mol. The van der Waals surface area contributed by atoms with Crippen molar-refractivity contribution >= 4 is 6.09 Å². The maximum atomic E-state index is 12.0. The predicted molar refractivity (Wildman–Crippen MR) is 71.7 cm³/mol. The van der Waals surface area contributed by atoms with Gasteiger partial charge in [-0.25, -0.2) is 4.79 Å². The molecule has 7 heteroatoms. The summed E-state index contributed by atoms with van der Waals surface area (Å²) in [5.74, 6) is 0. The van der Waals surface area contributed by atoms with Gasteiger partial charge in [-0.15, -0.1) is 0 Å². The number of amides is 1. The maximum absolute atomic E-state index is 12.0. The Morgan fingerprint density at radius 3 is 2.90 bits per heavy atom. The van der Waals surface area contributed by atoms with Gasteiger partial charge in [0.05, 0.1) is 6.04 Å². The number of hydrogen-bond donors (Lipinski definition) is 0. The monoisotopic (exact) mass is 276 g/mol. The van der Waals surface area contributed by atoms with Crippen LogP contribution in [0.25, 0.3) is 10.4 Å². The molecule has 0 N–H and O–H groups in total. The molecule has 1 heterocycles. The van der Waals surface area contributed by atoms with Gasteiger partial charge in [0.15, 0.2) is 0 Å². The van der Waals surface area contributed by atoms with E-state index >= 15 is 0 Å². The van der Waals surface area contributed by atoms with Crippen LogP contribution in [0.2, 0.25) is 0 Å². The molecule has 0 unspecified atom stereocenters. The first-order valence-electron chi connectivity index (χ1n) is 6.30. The Labute approximate surface area is 116 Å². The fraction of sp³-hybridized carbons (Fsp3) is 0.462. The number of benzene rings is 1. The number of carbonyl (C=O) groups is 1. The van der Waals surface area contributed by atoms with Gasteiger partial charge >= 0.3 is 6.09 Å². The number of azide groups is 1. The first kappa shape index (κ1) is 14.2. The van der Waals surface area contributed by atoms with E-state index in [1.807, 2.05) is 30.3 Å². The molecule has 0 spiro atoms. The van der Waals surface area contributed by atoms with Crippen LogP contribution in [0, 0.1) is 0 Å². The topological polar surface area (TPSA) is 87.5 Å². The molecule has 20 heavy (non-hydrogen) atoms. The number of nitrogens with zero attached hydrogens (tertiary/aromatic N) is 4. The molecule has 1 aromatic rings. The van der Waals surface area contributed by atoms with Crippen molar-refractivity contribution in [1.82, 2.24) is 4.90 Å². The minimum atomic E-state index is -0.561. The highest BCUT2D eigenvalue weighted by Gasteiger charge is 2.37. The minimum Gasteiger partial charge on any atom is -0.444 e. The van der Waals surface area contributed by atoms with Crippen LogP contribution in [0.15, 0.2) is 35.4 Å². The molecule has 2 rings (SSSR count). The van der Waals surface area contributed by atoms with Gasteiger partial charge in [-0.05, 0) is 17.5 Å². The van der Waals surface area contributed by atoms with Crippen LogP contribution in [0.5, 0.6) is 0 Å². The number of ether oxygens (including phenoxy) is 2. The van der Waals surface area contributed by atoms with Crippen molar-refractivity contribution in [2.45, 2.75) is 25.3 Å². The minimum absolute atomic E-state index is 0.207. The van der Waals surface area contributed by atoms with E-state index in [-0.39, 0.29) is 12.6 Å². The van der Waals surface area contributed by atoms with Crippen LogP contribution in [-0.4, -0.2) is 36.9 Å². The Morgan fingerprint density at radius 1 is 1.50 bits per heavy atom. The first-order chi connectivity index (χ1) is 9.76. The van der Waals surface area contributed by atoms with E-state index in [1.165, 1.54) is 12.0 Å². The lowest BCUT2D eigenvalue weighted by molar-refractivity contribution is -0.0145. The summed E-state index contributed by atoms with van der Waals surface area (Å²) in [6.45, 7) is 0.661. The highest BCUT2D eigenvalue weighted by Crippen LogP contribution is 2.22. The van der Waals surface area contributed by atoms with Crippen LogP contribution in [0.1, 0.15) is 12.0 Å². The van der Waals surface area contributed by atoms with Crippen molar-refractivity contribution in [1.29, 1.82) is 0 Å². The van der Waals surface area contributed by atoms with Crippen molar-refractivity contribution in [3.63, 3.8) is 0 Å². The fourth-order valence-corrected chi connectivity index (χ4v) is 2.21. The normalized spacial score (nSPS) is 21.4. The highest BCUT2D eigenvalue weighted by molar-refractivity contribution is 5.68. The summed E-state index contributed by atoms with van der Waals surface area (Å²) in [7, 11) is 1.48. The fourth-order valence-electron chi connectivity index (χ4n) is 2.21. The molecule has 1 aliphatic rings. The quantitative estimate of drug-likeness (QED) is 0.481. The second kappa shape index (κ2) is 6.79. The molecule has 106 valence electrons. The highest BCUT2D eigenvalue weighted by atomic mass is 16.6. The molecule has 0 bridgehead atoms. The van der Waals surface area contributed by atoms with Crippen LogP contribution < -0.4 is 0 Å². The zero-order chi connectivity index (χ0) is 14.4. The van der Waals surface area contributed by atoms with E-state index in [0.29, 0.717) is 13.0 Å². The molecule has 1 aliphatic heterocycles. The molecule has 1 fully saturated rings. The lowest BCUT2D eigenvalue weighted by atomic mass is 10.2. The summed E-state index contributed by atoms with van der Waals surface area (Å²) >= 11 is 0. The number of rotatable bonds is 4. The zero-order valence-electron chi connectivity index (χ0n) is 11.2. The van der Waals surface area contributed by atoms with E-state index in [4.69, 9.17) is 15.0 Å². The first-order valence-corrected chi connectivity index (χ1v) is 6.30. The lowest BCUT2D eigenvalue weighted by Crippen LogP contribution is -2.40. The third-order valence-electron chi connectivity index (χ3n) is 3.18. The van der Waals surface area contributed by atoms with Crippen LogP contribution in [-0.2, 0) is 16.1 Å². The predicted octanol–water partition coefficient (Wildman–Crippen LogP) is 2.68. The standard InChI is InChI=1S/C13H16N4O3/c1-19-12-11(15-16-14)7-8-17(12)13(18)20-9-10-5-3-2-4-6-10/h2-6,11-12H,7-9H2,1H3/t11-,12+/m1/s1. The van der Waals surface area contributed by atoms with Gasteiger partial charge in [0, 0.05) is 18.6 Å². The Morgan fingerprint density at radius 2 is 2.25 bits per heavy atom. The van der Waals surface area contributed by atoms with Gasteiger partial charge in [-0.3, -0.25) is 4.90 Å². The molecule has 0 saturated carbocycles. The number of carbonyl (C=O) groups excluding carboxylic acids is 1. The Balaban J connectivity index is 1.94. The number of methoxy groups -OCH3 is 1. The third-order valence-corrected chi connectivity index (χ3v) is 3.18. The van der Waals surface area contributed by atoms with Gasteiger partial charge in [-0.2, -0.15) is 0 Å². The summed E-state index contributed by atoms with van der Waals surface area (Å²) in [5.41, 5.74) is 9.40. The summed E-state index contributed by atoms with van der Waals surface area (Å²) in [6.07, 6.45) is -0.450. The van der Waals surface area contributed by atoms with E-state index in [1.54, 1.807) is 0 Å². The van der Waals surface area contributed by atoms with Gasteiger partial charge in [0.2, 0.25) is 0 Å². The van der Waals surface area contributed by atoms with Gasteiger partial charge in [0.25, 0.3) is 0 Å². The maximum Gasteiger partial charge on any atom is 0.412 e. The second-order valence-electron chi connectivity index (χ2n) is 4.42. The van der Waals surface area contributed by atoms with Crippen molar-refractivity contribution in [3.05, 3.63) is 46.3 Å². The number of hydrogen-bond acceptors (Lipinski definition) is 4. The van der Waals surface area contributed by atoms with Crippen LogP contribution in [0.4, 0.5) is 4.79 Å². The molecule has 0 aromatic heterocycles. The van der Waals surface area contributed by atoms with Gasteiger partial charge in [-0.1, -0.05) is 35.4 Å². The van der Waals surface area contributed by atoms with Crippen LogP contribution in [0.3, 0.4) is 0 Å². The molecule has 1 amide bonds. The zero-order valence-corrected chi connectivity index (χ0v) is 11.2. The molecular formula is C13H16N4O3. The van der Waals surface area contributed by atoms with Crippen molar-refractivity contribution in [3.8, 4) is 0 Å². The summed E-state index contributed by atoms with van der Waals surface area (Å²) in [4.78, 5) is 16.2. The van der Waals surface area contributed by atoms with E-state index < -0.39 is 12.3 Å². The molecule has 1 aromatic carbocycles. The number of likely N-dealkylation sites (tertiary alicyclic amines) is 1. The third kappa shape index (κ3) is 3.20. The smallest absolute Gasteiger partial charge is 0.412 e. The average Bonchev–Trinajstić information content (AvgIpc) is 2.89. The second-order valence-corrected chi connectivity index (χ2v) is 4.42. The molecule has 0 radical (unpaired) electrons. The Hall–Kier alpha value is -2.24. The van der Waals surface area contributed by atoms with Gasteiger partial charge < -0.3 is 9.47 Å². The summed E-state index contributed by atoms with van der Waals surface area (Å²) < 4.78 is 10.5. The van der Waals surface area contributed by atoms with E-state index in [0.717, 1.165) is 5.56 Å². The lowest BCUT2D eigenvalue weighted by Gasteiger charge is -2.24. The van der Waals surface area contributed by atoms with Crippen molar-refractivity contribution in [2.24, 2.45) is 5.11 Å². The molecular weight excluding hydrogens is 260 g/mol. The van der Waals surface area contributed by atoms with Gasteiger partial charge in [0.1, 0.15) is 12.8 Å². The Kier molecular flexibility index (Phi) is 4.81. The summed E-state index contributed by atoms with van der Waals surface area (Å²) in [5, 5.41) is 3.63. The van der Waals surface area contributed by atoms with E-state index in [2.05, 4.69) is 10.0 Å². The molecule has 0 aliphatic carbocycles. The van der Waals surface area contributed by atoms with Crippen molar-refractivity contribution in [2.75, 3.05) is 13.7 Å².